The molecule has 1 aliphatic heterocycles. The number of fused-ring (bicyclic) bond motifs is 1. The Morgan fingerprint density at radius 1 is 0.773 bits per heavy atom. The largest absolute Gasteiger partial charge is 0.260 e. The van der Waals surface area contributed by atoms with Crippen LogP contribution in [0.3, 0.4) is 0 Å². The molecule has 1 aliphatic rings. The van der Waals surface area contributed by atoms with Crippen molar-refractivity contribution in [3.05, 3.63) is 89.6 Å². The topological polar surface area (TPSA) is 12.4 Å². The summed E-state index contributed by atoms with van der Waals surface area (Å²) in [4.78, 5) is 4.64. The minimum absolute atomic E-state index is 0.905. The number of hydrogen-bond acceptors (Lipinski definition) is 1. The van der Waals surface area contributed by atoms with E-state index in [9.17, 15) is 0 Å². The van der Waals surface area contributed by atoms with Crippen molar-refractivity contribution in [1.29, 1.82) is 0 Å². The molecule has 0 aliphatic carbocycles. The quantitative estimate of drug-likeness (QED) is 0.598. The molecule has 0 amide bonds. The van der Waals surface area contributed by atoms with Crippen molar-refractivity contribution >= 4 is 22.1 Å². The fourth-order valence-electron chi connectivity index (χ4n) is 2.99. The number of allylic oxidation sites excluding steroid dienone is 1. The second kappa shape index (κ2) is 5.27. The Morgan fingerprint density at radius 3 is 2.50 bits per heavy atom. The normalized spacial score (nSPS) is 14.0. The van der Waals surface area contributed by atoms with Gasteiger partial charge in [0.1, 0.15) is 0 Å². The Kier molecular flexibility index (Phi) is 3.12. The van der Waals surface area contributed by atoms with Crippen molar-refractivity contribution < 1.29 is 0 Å². The minimum Gasteiger partial charge on any atom is -0.260 e. The number of hydrogen-bond donors (Lipinski definition) is 0. The molecule has 106 valence electrons. The number of aliphatic imine (C=N–C) groups is 1. The first-order valence-electron chi connectivity index (χ1n) is 7.61. The van der Waals surface area contributed by atoms with E-state index in [-0.39, 0.29) is 0 Å². The molecule has 0 radical (unpaired) electrons. The second-order valence-corrected chi connectivity index (χ2v) is 5.84. The van der Waals surface area contributed by atoms with Crippen LogP contribution in [-0.2, 0) is 0 Å². The van der Waals surface area contributed by atoms with Crippen molar-refractivity contribution in [1.82, 2.24) is 0 Å². The van der Waals surface area contributed by atoms with Gasteiger partial charge in [0.05, 0.1) is 5.71 Å². The van der Waals surface area contributed by atoms with Crippen LogP contribution in [0.15, 0.2) is 77.9 Å². The van der Waals surface area contributed by atoms with Gasteiger partial charge in [0.15, 0.2) is 0 Å². The Balaban J connectivity index is 1.63. The van der Waals surface area contributed by atoms with Gasteiger partial charge in [-0.25, -0.2) is 0 Å². The first kappa shape index (κ1) is 13.0. The van der Waals surface area contributed by atoms with Gasteiger partial charge in [-0.1, -0.05) is 66.2 Å². The zero-order valence-electron chi connectivity index (χ0n) is 12.6. The third-order valence-electron chi connectivity index (χ3n) is 4.21. The highest BCUT2D eigenvalue weighted by Crippen LogP contribution is 2.28. The molecule has 0 saturated carbocycles. The summed E-state index contributed by atoms with van der Waals surface area (Å²) in [6.07, 6.45) is 2.92. The van der Waals surface area contributed by atoms with Crippen molar-refractivity contribution in [2.24, 2.45) is 4.99 Å². The smallest absolute Gasteiger partial charge is 0.0520 e. The highest BCUT2D eigenvalue weighted by atomic mass is 14.7. The van der Waals surface area contributed by atoms with Crippen LogP contribution in [0.4, 0.5) is 0 Å². The molecule has 1 nitrogen and oxygen atoms in total. The fourth-order valence-corrected chi connectivity index (χ4v) is 2.99. The van der Waals surface area contributed by atoms with Crippen molar-refractivity contribution in [2.45, 2.75) is 13.3 Å². The minimum atomic E-state index is 0.905. The summed E-state index contributed by atoms with van der Waals surface area (Å²) in [6.45, 7) is 2.12. The maximum Gasteiger partial charge on any atom is 0.0520 e. The molecule has 22 heavy (non-hydrogen) atoms. The average molecular weight is 283 g/mol. The molecule has 0 spiro atoms. The summed E-state index contributed by atoms with van der Waals surface area (Å²) < 4.78 is 0. The monoisotopic (exact) mass is 283 g/mol. The molecule has 0 unspecified atom stereocenters. The summed E-state index contributed by atoms with van der Waals surface area (Å²) >= 11 is 0. The molecule has 0 fully saturated rings. The van der Waals surface area contributed by atoms with Crippen LogP contribution in [0.5, 0.6) is 0 Å². The Hall–Kier alpha value is -2.67. The van der Waals surface area contributed by atoms with Gasteiger partial charge in [-0.3, -0.25) is 4.99 Å². The third-order valence-corrected chi connectivity index (χ3v) is 4.21. The van der Waals surface area contributed by atoms with Gasteiger partial charge in [0, 0.05) is 12.6 Å². The zero-order chi connectivity index (χ0) is 14.9. The molecule has 1 heteroatoms. The van der Waals surface area contributed by atoms with E-state index in [1.807, 2.05) is 6.20 Å². The number of nitrogens with zero attached hydrogens (tertiary/aromatic N) is 1. The lowest BCUT2D eigenvalue weighted by Gasteiger charge is -2.06. The van der Waals surface area contributed by atoms with Crippen LogP contribution in [0, 0.1) is 6.92 Å². The number of rotatable bonds is 2. The van der Waals surface area contributed by atoms with Gasteiger partial charge >= 0.3 is 0 Å². The summed E-state index contributed by atoms with van der Waals surface area (Å²) in [5.41, 5.74) is 6.23. The summed E-state index contributed by atoms with van der Waals surface area (Å²) in [6, 6.07) is 23.7. The molecule has 0 bridgehead atoms. The first-order valence-corrected chi connectivity index (χ1v) is 7.61. The van der Waals surface area contributed by atoms with Crippen LogP contribution in [0.1, 0.15) is 23.1 Å². The van der Waals surface area contributed by atoms with Gasteiger partial charge in [-0.2, -0.15) is 0 Å². The van der Waals surface area contributed by atoms with Gasteiger partial charge in [0.25, 0.3) is 0 Å². The molecular formula is C21H17N. The zero-order valence-corrected chi connectivity index (χ0v) is 12.6. The molecule has 0 saturated heterocycles. The maximum absolute atomic E-state index is 4.64. The van der Waals surface area contributed by atoms with E-state index in [1.54, 1.807) is 0 Å². The number of benzene rings is 3. The first-order chi connectivity index (χ1) is 10.8. The number of aryl methyl sites for hydroxylation is 1. The van der Waals surface area contributed by atoms with Gasteiger partial charge < -0.3 is 0 Å². The second-order valence-electron chi connectivity index (χ2n) is 5.84. The van der Waals surface area contributed by atoms with E-state index in [0.717, 1.165) is 12.1 Å². The highest BCUT2D eigenvalue weighted by molar-refractivity contribution is 6.09. The molecule has 0 N–H and O–H groups in total. The van der Waals surface area contributed by atoms with Crippen LogP contribution in [0.25, 0.3) is 16.3 Å². The molecule has 1 heterocycles. The Morgan fingerprint density at radius 2 is 1.64 bits per heavy atom. The predicted octanol–water partition coefficient (Wildman–Crippen LogP) is 5.38. The van der Waals surface area contributed by atoms with Crippen LogP contribution in [-0.4, -0.2) is 5.71 Å². The van der Waals surface area contributed by atoms with E-state index in [4.69, 9.17) is 0 Å². The fraction of sp³-hybridized carbons (Fsp3) is 0.0952. The van der Waals surface area contributed by atoms with Crippen LogP contribution < -0.4 is 0 Å². The van der Waals surface area contributed by atoms with E-state index >= 15 is 0 Å². The molecular weight excluding hydrogens is 266 g/mol. The SMILES string of the molecule is Cc1cccc(C2=NC=C(c3ccc4ccccc4c3)C2)c1. The predicted molar refractivity (Wildman–Crippen MR) is 94.3 cm³/mol. The summed E-state index contributed by atoms with van der Waals surface area (Å²) in [5, 5.41) is 2.56. The lowest BCUT2D eigenvalue weighted by atomic mass is 9.97. The van der Waals surface area contributed by atoms with Gasteiger partial charge in [-0.05, 0) is 40.5 Å². The third kappa shape index (κ3) is 2.35. The highest BCUT2D eigenvalue weighted by Gasteiger charge is 2.14. The lowest BCUT2D eigenvalue weighted by Crippen LogP contribution is -1.98. The van der Waals surface area contributed by atoms with Gasteiger partial charge in [-0.15, -0.1) is 0 Å². The average Bonchev–Trinajstić information content (AvgIpc) is 3.04. The Bertz CT molecular complexity index is 916. The molecule has 4 rings (SSSR count). The molecule has 0 aromatic heterocycles. The maximum atomic E-state index is 4.64. The van der Waals surface area contributed by atoms with Crippen molar-refractivity contribution in [3.63, 3.8) is 0 Å². The van der Waals surface area contributed by atoms with Crippen molar-refractivity contribution in [2.75, 3.05) is 0 Å². The van der Waals surface area contributed by atoms with E-state index in [2.05, 4.69) is 78.6 Å². The van der Waals surface area contributed by atoms with Crippen LogP contribution >= 0.6 is 0 Å². The lowest BCUT2D eigenvalue weighted by molar-refractivity contribution is 1.42. The van der Waals surface area contributed by atoms with Gasteiger partial charge in [0.2, 0.25) is 0 Å². The van der Waals surface area contributed by atoms with Crippen LogP contribution in [0.2, 0.25) is 0 Å². The standard InChI is InChI=1S/C21H17N/c1-15-5-4-8-19(11-15)21-13-20(14-22-21)18-10-9-16-6-2-3-7-17(16)12-18/h2-12,14H,13H2,1H3. The van der Waals surface area contributed by atoms with Crippen molar-refractivity contribution in [3.8, 4) is 0 Å². The van der Waals surface area contributed by atoms with E-state index in [0.29, 0.717) is 0 Å². The molecule has 0 atom stereocenters. The molecule has 3 aromatic rings. The molecule has 3 aromatic carbocycles. The summed E-state index contributed by atoms with van der Waals surface area (Å²) in [7, 11) is 0. The Labute approximate surface area is 130 Å². The van der Waals surface area contributed by atoms with E-state index < -0.39 is 0 Å². The van der Waals surface area contributed by atoms with E-state index in [1.165, 1.54) is 33.0 Å². The summed E-state index contributed by atoms with van der Waals surface area (Å²) in [5.74, 6) is 0.